The van der Waals surface area contributed by atoms with Crippen molar-refractivity contribution in [3.63, 3.8) is 0 Å². The monoisotopic (exact) mass is 233 g/mol. The van der Waals surface area contributed by atoms with Gasteiger partial charge in [0.05, 0.1) is 5.92 Å². The third-order valence-corrected chi connectivity index (χ3v) is 3.20. The first kappa shape index (κ1) is 13.8. The number of rotatable bonds is 6. The molecule has 0 fully saturated rings. The van der Waals surface area contributed by atoms with Gasteiger partial charge in [0.1, 0.15) is 0 Å². The summed E-state index contributed by atoms with van der Waals surface area (Å²) in [7, 11) is 0. The Hall–Kier alpha value is -1.31. The van der Waals surface area contributed by atoms with Crippen LogP contribution in [0.3, 0.4) is 0 Å². The maximum atomic E-state index is 12.2. The number of nitrogens with one attached hydrogen (secondary N) is 1. The summed E-state index contributed by atoms with van der Waals surface area (Å²) in [5, 5.41) is 3.01. The summed E-state index contributed by atoms with van der Waals surface area (Å²) in [6, 6.07) is 10.1. The Morgan fingerprint density at radius 2 is 1.88 bits per heavy atom. The van der Waals surface area contributed by atoms with E-state index in [4.69, 9.17) is 0 Å². The van der Waals surface area contributed by atoms with Crippen molar-refractivity contribution in [2.45, 2.75) is 39.5 Å². The number of hydrogen-bond acceptors (Lipinski definition) is 1. The summed E-state index contributed by atoms with van der Waals surface area (Å²) in [4.78, 5) is 12.2. The summed E-state index contributed by atoms with van der Waals surface area (Å²) in [6.45, 7) is 7.11. The molecule has 17 heavy (non-hydrogen) atoms. The molecule has 94 valence electrons. The summed E-state index contributed by atoms with van der Waals surface area (Å²) < 4.78 is 0. The third kappa shape index (κ3) is 3.88. The van der Waals surface area contributed by atoms with Crippen LogP contribution < -0.4 is 5.32 Å². The highest BCUT2D eigenvalue weighted by Gasteiger charge is 2.25. The van der Waals surface area contributed by atoms with Crippen LogP contribution in [0.1, 0.15) is 45.1 Å². The molecule has 1 rings (SSSR count). The molecule has 2 atom stereocenters. The van der Waals surface area contributed by atoms with Gasteiger partial charge in [-0.3, -0.25) is 4.79 Å². The molecule has 0 spiro atoms. The Morgan fingerprint density at radius 1 is 1.24 bits per heavy atom. The van der Waals surface area contributed by atoms with Crippen molar-refractivity contribution in [2.75, 3.05) is 6.54 Å². The first-order chi connectivity index (χ1) is 8.20. The molecule has 0 bridgehead atoms. The minimum absolute atomic E-state index is 0.0206. The minimum atomic E-state index is -0.0206. The second-order valence-electron chi connectivity index (χ2n) is 4.56. The number of amides is 1. The topological polar surface area (TPSA) is 29.1 Å². The normalized spacial score (nSPS) is 14.1. The van der Waals surface area contributed by atoms with Crippen LogP contribution in [0.15, 0.2) is 30.3 Å². The smallest absolute Gasteiger partial charge is 0.227 e. The quantitative estimate of drug-likeness (QED) is 0.802. The van der Waals surface area contributed by atoms with Gasteiger partial charge in [-0.15, -0.1) is 0 Å². The van der Waals surface area contributed by atoms with Gasteiger partial charge in [0.25, 0.3) is 0 Å². The van der Waals surface area contributed by atoms with E-state index in [1.54, 1.807) is 0 Å². The lowest BCUT2D eigenvalue weighted by atomic mass is 9.85. The lowest BCUT2D eigenvalue weighted by Crippen LogP contribution is -2.33. The highest BCUT2D eigenvalue weighted by Crippen LogP contribution is 2.26. The molecule has 2 nitrogen and oxygen atoms in total. The van der Waals surface area contributed by atoms with E-state index in [9.17, 15) is 4.79 Å². The molecule has 0 saturated carbocycles. The van der Waals surface area contributed by atoms with Crippen LogP contribution in [-0.4, -0.2) is 12.5 Å². The van der Waals surface area contributed by atoms with E-state index in [0.29, 0.717) is 5.92 Å². The van der Waals surface area contributed by atoms with Gasteiger partial charge in [0.2, 0.25) is 5.91 Å². The highest BCUT2D eigenvalue weighted by atomic mass is 16.1. The maximum absolute atomic E-state index is 12.2. The largest absolute Gasteiger partial charge is 0.356 e. The SMILES string of the molecule is CCCNC(=O)C(c1ccccc1)C(C)CC. The van der Waals surface area contributed by atoms with Gasteiger partial charge in [-0.2, -0.15) is 0 Å². The maximum Gasteiger partial charge on any atom is 0.227 e. The molecule has 0 radical (unpaired) electrons. The van der Waals surface area contributed by atoms with E-state index < -0.39 is 0 Å². The van der Waals surface area contributed by atoms with Gasteiger partial charge in [0.15, 0.2) is 0 Å². The zero-order chi connectivity index (χ0) is 12.7. The number of benzene rings is 1. The molecule has 0 heterocycles. The minimum Gasteiger partial charge on any atom is -0.356 e. The second-order valence-corrected chi connectivity index (χ2v) is 4.56. The van der Waals surface area contributed by atoms with Crippen LogP contribution in [0, 0.1) is 5.92 Å². The number of hydrogen-bond donors (Lipinski definition) is 1. The van der Waals surface area contributed by atoms with Gasteiger partial charge in [-0.1, -0.05) is 57.5 Å². The molecule has 0 aliphatic carbocycles. The molecule has 2 heteroatoms. The molecular weight excluding hydrogens is 210 g/mol. The zero-order valence-electron chi connectivity index (χ0n) is 11.1. The van der Waals surface area contributed by atoms with E-state index in [-0.39, 0.29) is 11.8 Å². The second kappa shape index (κ2) is 7.10. The van der Waals surface area contributed by atoms with Crippen LogP contribution in [0.5, 0.6) is 0 Å². The van der Waals surface area contributed by atoms with Gasteiger partial charge >= 0.3 is 0 Å². The Kier molecular flexibility index (Phi) is 5.75. The Labute approximate surface area is 104 Å². The van der Waals surface area contributed by atoms with E-state index >= 15 is 0 Å². The van der Waals surface area contributed by atoms with Crippen LogP contribution in [-0.2, 0) is 4.79 Å². The summed E-state index contributed by atoms with van der Waals surface area (Å²) >= 11 is 0. The zero-order valence-corrected chi connectivity index (χ0v) is 11.1. The Bertz CT molecular complexity index is 334. The molecule has 1 amide bonds. The molecule has 1 aromatic rings. The van der Waals surface area contributed by atoms with Gasteiger partial charge < -0.3 is 5.32 Å². The fourth-order valence-electron chi connectivity index (χ4n) is 1.99. The molecule has 2 unspecified atom stereocenters. The lowest BCUT2D eigenvalue weighted by molar-refractivity contribution is -0.123. The van der Waals surface area contributed by atoms with Gasteiger partial charge in [0, 0.05) is 6.54 Å². The number of carbonyl (C=O) groups is 1. The summed E-state index contributed by atoms with van der Waals surface area (Å²) in [6.07, 6.45) is 1.99. The van der Waals surface area contributed by atoms with Crippen molar-refractivity contribution in [3.8, 4) is 0 Å². The molecule has 0 aliphatic heterocycles. The molecule has 0 aromatic heterocycles. The molecule has 1 N–H and O–H groups in total. The van der Waals surface area contributed by atoms with E-state index in [2.05, 4.69) is 26.1 Å². The van der Waals surface area contributed by atoms with Crippen molar-refractivity contribution in [2.24, 2.45) is 5.92 Å². The molecule has 0 saturated heterocycles. The first-order valence-corrected chi connectivity index (χ1v) is 6.53. The van der Waals surface area contributed by atoms with Crippen molar-refractivity contribution in [1.82, 2.24) is 5.32 Å². The standard InChI is InChI=1S/C15H23NO/c1-4-11-16-15(17)14(12(3)5-2)13-9-7-6-8-10-13/h6-10,12,14H,4-5,11H2,1-3H3,(H,16,17). The van der Waals surface area contributed by atoms with Crippen LogP contribution in [0.2, 0.25) is 0 Å². The van der Waals surface area contributed by atoms with Gasteiger partial charge in [-0.05, 0) is 17.9 Å². The van der Waals surface area contributed by atoms with Crippen LogP contribution >= 0.6 is 0 Å². The van der Waals surface area contributed by atoms with Gasteiger partial charge in [-0.25, -0.2) is 0 Å². The Balaban J connectivity index is 2.85. The van der Waals surface area contributed by atoms with E-state index in [1.807, 2.05) is 30.3 Å². The van der Waals surface area contributed by atoms with Crippen molar-refractivity contribution in [3.05, 3.63) is 35.9 Å². The molecular formula is C15H23NO. The van der Waals surface area contributed by atoms with Crippen LogP contribution in [0.25, 0.3) is 0 Å². The van der Waals surface area contributed by atoms with E-state index in [0.717, 1.165) is 24.9 Å². The predicted molar refractivity (Wildman–Crippen MR) is 71.9 cm³/mol. The fraction of sp³-hybridized carbons (Fsp3) is 0.533. The van der Waals surface area contributed by atoms with Crippen molar-refractivity contribution >= 4 is 5.91 Å². The van der Waals surface area contributed by atoms with Crippen LogP contribution in [0.4, 0.5) is 0 Å². The third-order valence-electron chi connectivity index (χ3n) is 3.20. The van der Waals surface area contributed by atoms with Crippen molar-refractivity contribution < 1.29 is 4.79 Å². The van der Waals surface area contributed by atoms with Crippen molar-refractivity contribution in [1.29, 1.82) is 0 Å². The lowest BCUT2D eigenvalue weighted by Gasteiger charge is -2.22. The predicted octanol–water partition coefficient (Wildman–Crippen LogP) is 3.34. The average molecular weight is 233 g/mol. The number of carbonyl (C=O) groups excluding carboxylic acids is 1. The fourth-order valence-corrected chi connectivity index (χ4v) is 1.99. The van der Waals surface area contributed by atoms with E-state index in [1.165, 1.54) is 0 Å². The first-order valence-electron chi connectivity index (χ1n) is 6.53. The average Bonchev–Trinajstić information content (AvgIpc) is 2.37. The summed E-state index contributed by atoms with van der Waals surface area (Å²) in [5.74, 6) is 0.509. The molecule has 0 aliphatic rings. The Morgan fingerprint density at radius 3 is 2.41 bits per heavy atom. The highest BCUT2D eigenvalue weighted by molar-refractivity contribution is 5.83. The molecule has 1 aromatic carbocycles. The summed E-state index contributed by atoms with van der Waals surface area (Å²) in [5.41, 5.74) is 1.12.